The maximum absolute atomic E-state index is 13.9. The van der Waals surface area contributed by atoms with E-state index in [1.807, 2.05) is 0 Å². The average molecular weight is 317 g/mol. The van der Waals surface area contributed by atoms with Crippen LogP contribution in [0.25, 0.3) is 5.69 Å². The molecule has 0 aliphatic carbocycles. The van der Waals surface area contributed by atoms with Crippen molar-refractivity contribution >= 4 is 17.7 Å². The highest BCUT2D eigenvalue weighted by Gasteiger charge is 2.20. The maximum Gasteiger partial charge on any atom is 0.313 e. The van der Waals surface area contributed by atoms with Gasteiger partial charge in [0, 0.05) is 18.6 Å². The van der Waals surface area contributed by atoms with E-state index in [1.165, 1.54) is 0 Å². The fourth-order valence-electron chi connectivity index (χ4n) is 1.70. The van der Waals surface area contributed by atoms with Crippen LogP contribution in [-0.4, -0.2) is 31.6 Å². The molecule has 0 aliphatic rings. The highest BCUT2D eigenvalue weighted by atomic mass is 32.2. The molecule has 0 atom stereocenters. The number of rotatable bonds is 5. The predicted octanol–water partition coefficient (Wildman–Crippen LogP) is 2.42. The van der Waals surface area contributed by atoms with E-state index in [2.05, 4.69) is 10.2 Å². The Bertz CT molecular complexity index is 691. The van der Waals surface area contributed by atoms with Crippen molar-refractivity contribution in [2.24, 2.45) is 0 Å². The number of aromatic nitrogens is 3. The van der Waals surface area contributed by atoms with Crippen molar-refractivity contribution in [2.75, 3.05) is 5.75 Å². The molecule has 112 valence electrons. The minimum Gasteiger partial charge on any atom is -0.481 e. The smallest absolute Gasteiger partial charge is 0.313 e. The number of carboxylic acid groups (broad SMARTS) is 1. The van der Waals surface area contributed by atoms with Crippen LogP contribution in [0.3, 0.4) is 0 Å². The number of aryl methyl sites for hydroxylation is 1. The minimum absolute atomic E-state index is 0.0538. The lowest BCUT2D eigenvalue weighted by atomic mass is 10.2. The van der Waals surface area contributed by atoms with Gasteiger partial charge in [0.1, 0.15) is 11.6 Å². The molecule has 9 heteroatoms. The average Bonchev–Trinajstić information content (AvgIpc) is 2.83. The summed E-state index contributed by atoms with van der Waals surface area (Å²) in [4.78, 5) is 10.6. The molecule has 0 radical (unpaired) electrons. The summed E-state index contributed by atoms with van der Waals surface area (Å²) < 4.78 is 41.7. The topological polar surface area (TPSA) is 68.0 Å². The monoisotopic (exact) mass is 317 g/mol. The molecule has 0 saturated carbocycles. The van der Waals surface area contributed by atoms with E-state index in [1.54, 1.807) is 6.92 Å². The maximum atomic E-state index is 13.9. The normalized spacial score (nSPS) is 10.9. The van der Waals surface area contributed by atoms with Crippen molar-refractivity contribution in [3.05, 3.63) is 35.4 Å². The van der Waals surface area contributed by atoms with Crippen molar-refractivity contribution in [3.8, 4) is 5.69 Å². The molecule has 5 nitrogen and oxygen atoms in total. The summed E-state index contributed by atoms with van der Waals surface area (Å²) in [6.45, 7) is 1.71. The Morgan fingerprint density at radius 1 is 1.33 bits per heavy atom. The molecule has 0 fully saturated rings. The van der Waals surface area contributed by atoms with Crippen molar-refractivity contribution in [3.63, 3.8) is 0 Å². The van der Waals surface area contributed by atoms with Crippen molar-refractivity contribution in [2.45, 2.75) is 18.5 Å². The number of hydrogen-bond donors (Lipinski definition) is 1. The van der Waals surface area contributed by atoms with Gasteiger partial charge < -0.3 is 5.11 Å². The Kier molecular flexibility index (Phi) is 4.51. The Morgan fingerprint density at radius 3 is 2.67 bits per heavy atom. The summed E-state index contributed by atoms with van der Waals surface area (Å²) >= 11 is 0.785. The number of carbonyl (C=O) groups is 1. The van der Waals surface area contributed by atoms with Gasteiger partial charge in [-0.25, -0.2) is 13.2 Å². The van der Waals surface area contributed by atoms with Crippen molar-refractivity contribution in [1.29, 1.82) is 0 Å². The Balaban J connectivity index is 2.56. The van der Waals surface area contributed by atoms with Crippen LogP contribution in [0, 0.1) is 17.5 Å². The first-order valence-electron chi connectivity index (χ1n) is 5.87. The van der Waals surface area contributed by atoms with Gasteiger partial charge in [-0.2, -0.15) is 0 Å². The molecule has 2 rings (SSSR count). The molecule has 1 aromatic heterocycles. The molecule has 21 heavy (non-hydrogen) atoms. The first-order chi connectivity index (χ1) is 9.93. The van der Waals surface area contributed by atoms with Crippen LogP contribution < -0.4 is 0 Å². The summed E-state index contributed by atoms with van der Waals surface area (Å²) in [7, 11) is 0. The molecule has 0 spiro atoms. The van der Waals surface area contributed by atoms with Gasteiger partial charge in [-0.3, -0.25) is 9.36 Å². The lowest BCUT2D eigenvalue weighted by Gasteiger charge is -2.10. The third-order valence-corrected chi connectivity index (χ3v) is 3.47. The molecular weight excluding hydrogens is 307 g/mol. The molecule has 0 bridgehead atoms. The van der Waals surface area contributed by atoms with Gasteiger partial charge in [-0.05, 0) is 0 Å². The molecule has 0 amide bonds. The summed E-state index contributed by atoms with van der Waals surface area (Å²) in [6.07, 6.45) is 0.332. The molecule has 0 aliphatic heterocycles. The number of benzene rings is 1. The number of hydrogen-bond acceptors (Lipinski definition) is 4. The van der Waals surface area contributed by atoms with Gasteiger partial charge in [0.2, 0.25) is 0 Å². The standard InChI is InChI=1S/C12H10F3N3O2S/c1-2-9-16-17-12(21-5-10(19)20)18(9)8-4-6(13)3-7(14)11(8)15/h3-4H,2,5H2,1H3,(H,19,20). The lowest BCUT2D eigenvalue weighted by molar-refractivity contribution is -0.133. The Hall–Kier alpha value is -2.03. The molecule has 1 aromatic carbocycles. The first kappa shape index (κ1) is 15.4. The third kappa shape index (κ3) is 3.18. The molecule has 1 N–H and O–H groups in total. The second-order valence-electron chi connectivity index (χ2n) is 3.99. The number of carboxylic acids is 1. The zero-order valence-corrected chi connectivity index (χ0v) is 11.6. The van der Waals surface area contributed by atoms with E-state index in [4.69, 9.17) is 5.11 Å². The van der Waals surface area contributed by atoms with E-state index >= 15 is 0 Å². The van der Waals surface area contributed by atoms with Crippen LogP contribution >= 0.6 is 11.8 Å². The van der Waals surface area contributed by atoms with Crippen molar-refractivity contribution < 1.29 is 23.1 Å². The van der Waals surface area contributed by atoms with E-state index in [0.29, 0.717) is 12.5 Å². The van der Waals surface area contributed by atoms with Gasteiger partial charge in [-0.1, -0.05) is 18.7 Å². The highest BCUT2D eigenvalue weighted by molar-refractivity contribution is 7.99. The number of thioether (sulfide) groups is 1. The molecule has 1 heterocycles. The minimum atomic E-state index is -1.34. The highest BCUT2D eigenvalue weighted by Crippen LogP contribution is 2.26. The summed E-state index contributed by atoms with van der Waals surface area (Å²) in [5.41, 5.74) is -0.387. The van der Waals surface area contributed by atoms with Crippen LogP contribution in [0.4, 0.5) is 13.2 Å². The summed E-state index contributed by atoms with van der Waals surface area (Å²) in [5, 5.41) is 16.2. The van der Waals surface area contributed by atoms with Gasteiger partial charge in [-0.15, -0.1) is 10.2 Å². The van der Waals surface area contributed by atoms with E-state index < -0.39 is 23.4 Å². The molecular formula is C12H10F3N3O2S. The van der Waals surface area contributed by atoms with E-state index in [-0.39, 0.29) is 22.4 Å². The second kappa shape index (κ2) is 6.17. The number of aliphatic carboxylic acids is 1. The lowest BCUT2D eigenvalue weighted by Crippen LogP contribution is -2.08. The summed E-state index contributed by atoms with van der Waals surface area (Å²) in [6, 6.07) is 1.24. The van der Waals surface area contributed by atoms with E-state index in [9.17, 15) is 18.0 Å². The van der Waals surface area contributed by atoms with Crippen LogP contribution in [-0.2, 0) is 11.2 Å². The molecule has 0 saturated heterocycles. The SMILES string of the molecule is CCc1nnc(SCC(=O)O)n1-c1cc(F)cc(F)c1F. The van der Waals surface area contributed by atoms with Gasteiger partial charge in [0.15, 0.2) is 16.8 Å². The predicted molar refractivity (Wildman–Crippen MR) is 69.0 cm³/mol. The van der Waals surface area contributed by atoms with E-state index in [0.717, 1.165) is 22.4 Å². The second-order valence-corrected chi connectivity index (χ2v) is 4.93. The fourth-order valence-corrected chi connectivity index (χ4v) is 2.38. The Morgan fingerprint density at radius 2 is 2.05 bits per heavy atom. The largest absolute Gasteiger partial charge is 0.481 e. The molecule has 0 unspecified atom stereocenters. The van der Waals surface area contributed by atoms with Crippen molar-refractivity contribution in [1.82, 2.24) is 14.8 Å². The number of nitrogens with zero attached hydrogens (tertiary/aromatic N) is 3. The van der Waals surface area contributed by atoms with Gasteiger partial charge in [0.25, 0.3) is 0 Å². The zero-order valence-electron chi connectivity index (χ0n) is 10.8. The van der Waals surface area contributed by atoms with Gasteiger partial charge >= 0.3 is 5.97 Å². The van der Waals surface area contributed by atoms with Crippen LogP contribution in [0.5, 0.6) is 0 Å². The van der Waals surface area contributed by atoms with Crippen LogP contribution in [0.2, 0.25) is 0 Å². The fraction of sp³-hybridized carbons (Fsp3) is 0.250. The van der Waals surface area contributed by atoms with Crippen LogP contribution in [0.1, 0.15) is 12.7 Å². The third-order valence-electron chi connectivity index (χ3n) is 2.56. The van der Waals surface area contributed by atoms with Crippen LogP contribution in [0.15, 0.2) is 17.3 Å². The zero-order chi connectivity index (χ0) is 15.6. The Labute approximate surface area is 121 Å². The first-order valence-corrected chi connectivity index (χ1v) is 6.86. The molecule has 2 aromatic rings. The quantitative estimate of drug-likeness (QED) is 0.677. The summed E-state index contributed by atoms with van der Waals surface area (Å²) in [5.74, 6) is -4.70. The van der Waals surface area contributed by atoms with Gasteiger partial charge in [0.05, 0.1) is 11.4 Å². The number of halogens is 3.